The van der Waals surface area contributed by atoms with Crippen molar-refractivity contribution in [2.24, 2.45) is 0 Å². The van der Waals surface area contributed by atoms with Crippen molar-refractivity contribution < 1.29 is 19.4 Å². The van der Waals surface area contributed by atoms with Crippen molar-refractivity contribution in [1.82, 2.24) is 15.3 Å². The minimum atomic E-state index is -1.11. The number of carboxylic acids is 1. The average Bonchev–Trinajstić information content (AvgIpc) is 3.12. The lowest BCUT2D eigenvalue weighted by molar-refractivity contribution is -0.138. The van der Waals surface area contributed by atoms with Crippen molar-refractivity contribution in [3.63, 3.8) is 0 Å². The molecule has 0 aliphatic heterocycles. The lowest BCUT2D eigenvalue weighted by atomic mass is 10.1. The minimum absolute atomic E-state index is 0.140. The summed E-state index contributed by atoms with van der Waals surface area (Å²) in [5.41, 5.74) is 3.16. The molecule has 0 saturated carbocycles. The second kappa shape index (κ2) is 7.87. The molecule has 7 nitrogen and oxygen atoms in total. The van der Waals surface area contributed by atoms with Gasteiger partial charge in [0.25, 0.3) is 5.91 Å². The van der Waals surface area contributed by atoms with Crippen molar-refractivity contribution in [1.29, 1.82) is 0 Å². The predicted octanol–water partition coefficient (Wildman–Crippen LogP) is 3.98. The number of nitrogens with one attached hydrogen (secondary N) is 2. The highest BCUT2D eigenvalue weighted by Crippen LogP contribution is 2.36. The molecule has 2 aromatic heterocycles. The van der Waals surface area contributed by atoms with Gasteiger partial charge >= 0.3 is 5.97 Å². The summed E-state index contributed by atoms with van der Waals surface area (Å²) in [4.78, 5) is 31.9. The Kier molecular flexibility index (Phi) is 5.10. The van der Waals surface area contributed by atoms with E-state index in [1.165, 1.54) is 6.92 Å². The van der Waals surface area contributed by atoms with Gasteiger partial charge in [0.15, 0.2) is 0 Å². The maximum absolute atomic E-state index is 12.8. The number of amides is 1. The number of H-pyrrole nitrogens is 1. The number of carboxylic acid groups (broad SMARTS) is 1. The van der Waals surface area contributed by atoms with E-state index in [0.29, 0.717) is 18.1 Å². The molecule has 3 N–H and O–H groups in total. The van der Waals surface area contributed by atoms with Gasteiger partial charge in [0.05, 0.1) is 17.8 Å². The Morgan fingerprint density at radius 2 is 1.87 bits per heavy atom. The zero-order chi connectivity index (χ0) is 21.3. The van der Waals surface area contributed by atoms with Gasteiger partial charge in [-0.3, -0.25) is 9.59 Å². The normalized spacial score (nSPS) is 12.1. The van der Waals surface area contributed by atoms with Crippen LogP contribution in [0.4, 0.5) is 0 Å². The molecule has 1 amide bonds. The van der Waals surface area contributed by atoms with E-state index in [9.17, 15) is 9.59 Å². The smallest absolute Gasteiger partial charge is 0.325 e. The Bertz CT molecular complexity index is 1260. The standard InChI is InChI=1S/C23H21N3O4/c1-3-30-19-11-7-5-9-15(19)20-21-16(14-8-4-6-10-17(14)25-21)12-18(26-20)22(27)24-13(2)23(28)29/h4-13,25H,3H2,1-2H3,(H,24,27)(H,28,29)/t13-/m1/s1. The molecule has 4 aromatic rings. The first-order valence-electron chi connectivity index (χ1n) is 9.67. The predicted molar refractivity (Wildman–Crippen MR) is 115 cm³/mol. The third-order valence-electron chi connectivity index (χ3n) is 4.89. The number of para-hydroxylation sites is 2. The zero-order valence-corrected chi connectivity index (χ0v) is 16.6. The number of benzene rings is 2. The van der Waals surface area contributed by atoms with Gasteiger partial charge in [0.1, 0.15) is 17.5 Å². The van der Waals surface area contributed by atoms with Crippen molar-refractivity contribution in [3.05, 3.63) is 60.3 Å². The molecular formula is C23H21N3O4. The summed E-state index contributed by atoms with van der Waals surface area (Å²) in [5.74, 6) is -1.01. The molecule has 1 atom stereocenters. The monoisotopic (exact) mass is 403 g/mol. The number of carbonyl (C=O) groups excluding carboxylic acids is 1. The van der Waals surface area contributed by atoms with E-state index >= 15 is 0 Å². The SMILES string of the molecule is CCOc1ccccc1-c1nc(C(=O)N[C@H](C)C(=O)O)cc2c1[nH]c1ccccc12. The molecule has 0 radical (unpaired) electrons. The summed E-state index contributed by atoms with van der Waals surface area (Å²) in [6.07, 6.45) is 0. The van der Waals surface area contributed by atoms with Crippen LogP contribution in [0.25, 0.3) is 33.1 Å². The average molecular weight is 403 g/mol. The largest absolute Gasteiger partial charge is 0.493 e. The molecule has 0 unspecified atom stereocenters. The van der Waals surface area contributed by atoms with Crippen molar-refractivity contribution in [2.75, 3.05) is 6.61 Å². The number of carbonyl (C=O) groups is 2. The number of hydrogen-bond acceptors (Lipinski definition) is 4. The Balaban J connectivity index is 1.96. The van der Waals surface area contributed by atoms with Gasteiger partial charge in [-0.1, -0.05) is 30.3 Å². The number of aliphatic carboxylic acids is 1. The molecule has 0 aliphatic rings. The molecule has 2 aromatic carbocycles. The molecule has 0 aliphatic carbocycles. The lowest BCUT2D eigenvalue weighted by Crippen LogP contribution is -2.38. The third kappa shape index (κ3) is 3.45. The molecular weight excluding hydrogens is 382 g/mol. The number of rotatable bonds is 6. The van der Waals surface area contributed by atoms with Crippen molar-refractivity contribution >= 4 is 33.7 Å². The number of fused-ring (bicyclic) bond motifs is 3. The fraction of sp³-hybridized carbons (Fsp3) is 0.174. The highest BCUT2D eigenvalue weighted by atomic mass is 16.5. The van der Waals surface area contributed by atoms with Crippen LogP contribution in [0.15, 0.2) is 54.6 Å². The van der Waals surface area contributed by atoms with Crippen LogP contribution >= 0.6 is 0 Å². The van der Waals surface area contributed by atoms with E-state index < -0.39 is 17.9 Å². The molecule has 4 rings (SSSR count). The number of hydrogen-bond donors (Lipinski definition) is 3. The number of nitrogens with zero attached hydrogens (tertiary/aromatic N) is 1. The van der Waals surface area contributed by atoms with Crippen LogP contribution in [0.5, 0.6) is 5.75 Å². The summed E-state index contributed by atoms with van der Waals surface area (Å²) in [6.45, 7) is 3.80. The summed E-state index contributed by atoms with van der Waals surface area (Å²) in [6, 6.07) is 15.9. The molecule has 7 heteroatoms. The van der Waals surface area contributed by atoms with E-state index in [4.69, 9.17) is 9.84 Å². The van der Waals surface area contributed by atoms with E-state index in [-0.39, 0.29) is 5.69 Å². The topological polar surface area (TPSA) is 104 Å². The summed E-state index contributed by atoms with van der Waals surface area (Å²) < 4.78 is 5.78. The van der Waals surface area contributed by atoms with Gasteiger partial charge in [-0.05, 0) is 38.1 Å². The Morgan fingerprint density at radius 1 is 1.13 bits per heavy atom. The second-order valence-electron chi connectivity index (χ2n) is 6.91. The van der Waals surface area contributed by atoms with E-state index in [2.05, 4.69) is 15.3 Å². The summed E-state index contributed by atoms with van der Waals surface area (Å²) in [7, 11) is 0. The van der Waals surface area contributed by atoms with Crippen LogP contribution in [0.2, 0.25) is 0 Å². The molecule has 2 heterocycles. The van der Waals surface area contributed by atoms with Crippen molar-refractivity contribution in [3.8, 4) is 17.0 Å². The molecule has 152 valence electrons. The highest BCUT2D eigenvalue weighted by molar-refractivity contribution is 6.13. The molecule has 30 heavy (non-hydrogen) atoms. The van der Waals surface area contributed by atoms with Crippen LogP contribution < -0.4 is 10.1 Å². The maximum atomic E-state index is 12.8. The van der Waals surface area contributed by atoms with E-state index in [1.54, 1.807) is 6.07 Å². The van der Waals surface area contributed by atoms with E-state index in [0.717, 1.165) is 27.4 Å². The van der Waals surface area contributed by atoms with Crippen molar-refractivity contribution in [2.45, 2.75) is 19.9 Å². The van der Waals surface area contributed by atoms with Gasteiger partial charge in [0, 0.05) is 21.9 Å². The molecule has 0 spiro atoms. The van der Waals surface area contributed by atoms with Crippen LogP contribution in [0, 0.1) is 0 Å². The quantitative estimate of drug-likeness (QED) is 0.452. The second-order valence-corrected chi connectivity index (χ2v) is 6.91. The Morgan fingerprint density at radius 3 is 2.63 bits per heavy atom. The maximum Gasteiger partial charge on any atom is 0.325 e. The van der Waals surface area contributed by atoms with Gasteiger partial charge in [-0.25, -0.2) is 4.98 Å². The first kappa shape index (κ1) is 19.4. The van der Waals surface area contributed by atoms with E-state index in [1.807, 2.05) is 55.5 Å². The van der Waals surface area contributed by atoms with Crippen LogP contribution in [0.1, 0.15) is 24.3 Å². The zero-order valence-electron chi connectivity index (χ0n) is 16.6. The minimum Gasteiger partial charge on any atom is -0.493 e. The fourth-order valence-electron chi connectivity index (χ4n) is 3.43. The third-order valence-corrected chi connectivity index (χ3v) is 4.89. The summed E-state index contributed by atoms with van der Waals surface area (Å²) >= 11 is 0. The number of pyridine rings is 1. The van der Waals surface area contributed by atoms with Crippen LogP contribution in [0.3, 0.4) is 0 Å². The number of aromatic amines is 1. The Labute approximate surface area is 172 Å². The van der Waals surface area contributed by atoms with Gasteiger partial charge in [-0.2, -0.15) is 0 Å². The van der Waals surface area contributed by atoms with Crippen LogP contribution in [-0.4, -0.2) is 39.6 Å². The number of ether oxygens (including phenoxy) is 1. The molecule has 0 saturated heterocycles. The van der Waals surface area contributed by atoms with Gasteiger partial charge < -0.3 is 20.1 Å². The summed E-state index contributed by atoms with van der Waals surface area (Å²) in [5, 5.41) is 13.4. The molecule has 0 fully saturated rings. The highest BCUT2D eigenvalue weighted by Gasteiger charge is 2.21. The van der Waals surface area contributed by atoms with Gasteiger partial charge in [-0.15, -0.1) is 0 Å². The Hall–Kier alpha value is -3.87. The first-order chi connectivity index (χ1) is 14.5. The molecule has 0 bridgehead atoms. The van der Waals surface area contributed by atoms with Gasteiger partial charge in [0.2, 0.25) is 0 Å². The van der Waals surface area contributed by atoms with Crippen LogP contribution in [-0.2, 0) is 4.79 Å². The number of aromatic nitrogens is 2. The lowest BCUT2D eigenvalue weighted by Gasteiger charge is -2.13. The first-order valence-corrected chi connectivity index (χ1v) is 9.67. The fourth-order valence-corrected chi connectivity index (χ4v) is 3.43.